The van der Waals surface area contributed by atoms with E-state index < -0.39 is 16.2 Å². The van der Waals surface area contributed by atoms with Crippen LogP contribution in [-0.4, -0.2) is 26.9 Å². The van der Waals surface area contributed by atoms with E-state index in [0.29, 0.717) is 5.75 Å². The van der Waals surface area contributed by atoms with Crippen LogP contribution in [-0.2, 0) is 10.2 Å². The molecule has 0 saturated carbocycles. The number of rotatable bonds is 3. The van der Waals surface area contributed by atoms with E-state index in [1.165, 1.54) is 31.4 Å². The molecule has 1 rings (SSSR count). The van der Waals surface area contributed by atoms with Crippen molar-refractivity contribution in [3.63, 3.8) is 0 Å². The molecular weight excluding hydrogens is 215 g/mol. The third-order valence-corrected chi connectivity index (χ3v) is 3.11. The number of aliphatic hydroxyl groups is 1. The summed E-state index contributed by atoms with van der Waals surface area (Å²) in [6.45, 7) is 0. The zero-order valence-electron chi connectivity index (χ0n) is 8.14. The molecule has 0 aliphatic heterocycles. The SMILES string of the molecule is COc1ccc([SH](=O)([O-])CO)cc1.[Na+]. The van der Waals surface area contributed by atoms with Gasteiger partial charge in [0.05, 0.1) is 7.11 Å². The maximum absolute atomic E-state index is 11.1. The molecule has 0 heterocycles. The van der Waals surface area contributed by atoms with Crippen molar-refractivity contribution in [3.8, 4) is 5.75 Å². The summed E-state index contributed by atoms with van der Waals surface area (Å²) >= 11 is 0. The van der Waals surface area contributed by atoms with E-state index in [4.69, 9.17) is 9.84 Å². The second-order valence-electron chi connectivity index (χ2n) is 2.51. The number of ether oxygens (including phenoxy) is 1. The van der Waals surface area contributed by atoms with Crippen molar-refractivity contribution in [3.05, 3.63) is 24.3 Å². The Bertz CT molecular complexity index is 325. The number of sulfone groups is 1. The molecule has 0 radical (unpaired) electrons. The van der Waals surface area contributed by atoms with Crippen molar-refractivity contribution in [2.45, 2.75) is 4.90 Å². The molecule has 1 aromatic carbocycles. The number of benzene rings is 1. The Kier molecular flexibility index (Phi) is 5.88. The van der Waals surface area contributed by atoms with Crippen molar-refractivity contribution < 1.29 is 48.2 Å². The van der Waals surface area contributed by atoms with Gasteiger partial charge in [0.1, 0.15) is 11.7 Å². The maximum Gasteiger partial charge on any atom is 1.00 e. The van der Waals surface area contributed by atoms with Crippen LogP contribution < -0.4 is 34.3 Å². The molecule has 1 aromatic rings. The van der Waals surface area contributed by atoms with E-state index in [-0.39, 0.29) is 34.5 Å². The topological polar surface area (TPSA) is 69.6 Å². The largest absolute Gasteiger partial charge is 1.00 e. The Balaban J connectivity index is 0.00000169. The predicted molar refractivity (Wildman–Crippen MR) is 48.7 cm³/mol. The first-order valence-electron chi connectivity index (χ1n) is 3.65. The monoisotopic (exact) mass is 226 g/mol. The van der Waals surface area contributed by atoms with Gasteiger partial charge in [-0.15, -0.1) is 0 Å². The second-order valence-corrected chi connectivity index (χ2v) is 4.66. The third kappa shape index (κ3) is 3.34. The van der Waals surface area contributed by atoms with Gasteiger partial charge in [-0.25, -0.2) is 4.21 Å². The first-order valence-corrected chi connectivity index (χ1v) is 5.46. The fraction of sp³-hybridized carbons (Fsp3) is 0.250. The number of hydrogen-bond donors (Lipinski definition) is 2. The van der Waals surface area contributed by atoms with Crippen LogP contribution in [0, 0.1) is 0 Å². The molecule has 0 fully saturated rings. The second kappa shape index (κ2) is 5.85. The van der Waals surface area contributed by atoms with Gasteiger partial charge in [-0.2, -0.15) is 0 Å². The van der Waals surface area contributed by atoms with Gasteiger partial charge in [-0.3, -0.25) is 10.2 Å². The molecule has 1 N–H and O–H groups in total. The molecule has 14 heavy (non-hydrogen) atoms. The average Bonchev–Trinajstić information content (AvgIpc) is 2.18. The van der Waals surface area contributed by atoms with Gasteiger partial charge in [0.2, 0.25) is 0 Å². The van der Waals surface area contributed by atoms with Crippen LogP contribution in [0.15, 0.2) is 29.2 Å². The Hall–Kier alpha value is 0.0900. The normalized spacial score (nSPS) is 11.6. The number of aliphatic hydroxyl groups excluding tert-OH is 1. The smallest absolute Gasteiger partial charge is 0.766 e. The van der Waals surface area contributed by atoms with E-state index in [0.717, 1.165) is 0 Å². The van der Waals surface area contributed by atoms with Crippen LogP contribution in [0.4, 0.5) is 0 Å². The Morgan fingerprint density at radius 2 is 1.93 bits per heavy atom. The quantitative estimate of drug-likeness (QED) is 0.430. The zero-order valence-corrected chi connectivity index (χ0v) is 11.0. The molecule has 0 atom stereocenters. The van der Waals surface area contributed by atoms with Gasteiger partial charge in [0.25, 0.3) is 0 Å². The van der Waals surface area contributed by atoms with Gasteiger partial charge >= 0.3 is 29.6 Å². The first kappa shape index (κ1) is 14.1. The van der Waals surface area contributed by atoms with E-state index in [1.54, 1.807) is 0 Å². The summed E-state index contributed by atoms with van der Waals surface area (Å²) in [4.78, 5) is 0.121. The molecule has 0 saturated heterocycles. The number of methoxy groups -OCH3 is 1. The van der Waals surface area contributed by atoms with Gasteiger partial charge in [-0.1, -0.05) is 0 Å². The summed E-state index contributed by atoms with van der Waals surface area (Å²) < 4.78 is 27.1. The Labute approximate surface area is 106 Å². The fourth-order valence-corrected chi connectivity index (χ4v) is 1.66. The molecule has 74 valence electrons. The Morgan fingerprint density at radius 1 is 1.43 bits per heavy atom. The minimum Gasteiger partial charge on any atom is -0.766 e. The van der Waals surface area contributed by atoms with Crippen LogP contribution in [0.3, 0.4) is 0 Å². The Morgan fingerprint density at radius 3 is 2.29 bits per heavy atom. The van der Waals surface area contributed by atoms with Crippen LogP contribution in [0.5, 0.6) is 5.75 Å². The molecule has 0 aromatic heterocycles. The summed E-state index contributed by atoms with van der Waals surface area (Å²) in [5.74, 6) is -0.263. The summed E-state index contributed by atoms with van der Waals surface area (Å²) in [5, 5.41) is 8.57. The summed E-state index contributed by atoms with van der Waals surface area (Å²) in [7, 11) is -2.31. The van der Waals surface area contributed by atoms with Gasteiger partial charge in [0.15, 0.2) is 0 Å². The number of thiol groups is 1. The molecular formula is C8H11NaO4S. The van der Waals surface area contributed by atoms with E-state index in [2.05, 4.69) is 0 Å². The summed E-state index contributed by atoms with van der Waals surface area (Å²) in [5.41, 5.74) is 0. The standard InChI is InChI=1S/C8H12O4S.Na/c1-12-7-2-4-8(5-3-7)13(10,11)6-9;/h2-5,9,13H,6H2,1H3,(H,10,11);/q;+1/p-1. The van der Waals surface area contributed by atoms with Crippen LogP contribution in [0.25, 0.3) is 0 Å². The van der Waals surface area contributed by atoms with Gasteiger partial charge in [0, 0.05) is 4.90 Å². The molecule has 0 amide bonds. The molecule has 0 aliphatic carbocycles. The van der Waals surface area contributed by atoms with Crippen LogP contribution in [0.2, 0.25) is 0 Å². The maximum atomic E-state index is 11.1. The predicted octanol–water partition coefficient (Wildman–Crippen LogP) is -2.84. The molecule has 4 nitrogen and oxygen atoms in total. The summed E-state index contributed by atoms with van der Waals surface area (Å²) in [6.07, 6.45) is 0. The van der Waals surface area contributed by atoms with Crippen LogP contribution >= 0.6 is 0 Å². The van der Waals surface area contributed by atoms with E-state index in [1.807, 2.05) is 0 Å². The molecule has 6 heteroatoms. The average molecular weight is 226 g/mol. The van der Waals surface area contributed by atoms with Crippen molar-refractivity contribution in [1.29, 1.82) is 0 Å². The first-order chi connectivity index (χ1) is 6.10. The molecule has 0 spiro atoms. The summed E-state index contributed by atoms with van der Waals surface area (Å²) in [6, 6.07) is 5.89. The fourth-order valence-electron chi connectivity index (χ4n) is 0.891. The minimum atomic E-state index is -3.81. The van der Waals surface area contributed by atoms with E-state index >= 15 is 0 Å². The molecule has 0 unspecified atom stereocenters. The van der Waals surface area contributed by atoms with Crippen LogP contribution in [0.1, 0.15) is 0 Å². The van der Waals surface area contributed by atoms with Gasteiger partial charge in [-0.05, 0) is 24.3 Å². The number of hydrogen-bond acceptors (Lipinski definition) is 4. The molecule has 0 bridgehead atoms. The zero-order chi connectivity index (χ0) is 9.90. The third-order valence-electron chi connectivity index (χ3n) is 1.65. The van der Waals surface area contributed by atoms with Crippen molar-refractivity contribution in [2.24, 2.45) is 0 Å². The minimum absolute atomic E-state index is 0. The van der Waals surface area contributed by atoms with Crippen molar-refractivity contribution in [2.75, 3.05) is 13.0 Å². The van der Waals surface area contributed by atoms with Crippen molar-refractivity contribution >= 4 is 10.2 Å². The van der Waals surface area contributed by atoms with E-state index in [9.17, 15) is 8.76 Å². The van der Waals surface area contributed by atoms with Gasteiger partial charge < -0.3 is 14.4 Å². The van der Waals surface area contributed by atoms with Crippen molar-refractivity contribution in [1.82, 2.24) is 0 Å². The molecule has 0 aliphatic rings.